The van der Waals surface area contributed by atoms with E-state index in [-0.39, 0.29) is 0 Å². The molecule has 12 rings (SSSR count). The number of rotatable bonds is 30. The van der Waals surface area contributed by atoms with E-state index in [1.54, 1.807) is 0 Å². The minimum absolute atomic E-state index is 0.782. The van der Waals surface area contributed by atoms with Crippen molar-refractivity contribution in [3.05, 3.63) is 0 Å². The Balaban J connectivity index is 0.751. The summed E-state index contributed by atoms with van der Waals surface area (Å²) in [4.78, 5) is 0. The highest BCUT2D eigenvalue weighted by Crippen LogP contribution is 2.42. The van der Waals surface area contributed by atoms with E-state index in [2.05, 4.69) is 0 Å². The third-order valence-electron chi connectivity index (χ3n) is 24.2. The molecule has 0 amide bonds. The summed E-state index contributed by atoms with van der Waals surface area (Å²) >= 11 is 0. The minimum Gasteiger partial charge on any atom is -0.394 e. The summed E-state index contributed by atoms with van der Waals surface area (Å²) in [5.41, 5.74) is 0. The fraction of sp³-hybridized carbons (Fsp3) is 1.00. The quantitative estimate of drug-likeness (QED) is 0.0318. The summed E-state index contributed by atoms with van der Waals surface area (Å²) in [6.07, 6.45) is -120. The molecule has 0 spiro atoms. The second kappa shape index (κ2) is 44.5. The molecular formula is C70H118O57. The van der Waals surface area contributed by atoms with Crippen LogP contribution in [0.15, 0.2) is 0 Å². The molecule has 12 aliphatic rings. The molecule has 0 aromatic carbocycles. The van der Waals surface area contributed by atoms with Crippen LogP contribution in [0.25, 0.3) is 0 Å². The molecule has 57 nitrogen and oxygen atoms in total. The number of ether oxygens (including phenoxy) is 23. The minimum atomic E-state index is -2.50. The summed E-state index contributed by atoms with van der Waals surface area (Å²) in [6.45, 7) is -7.88. The monoisotopic (exact) mass is 1870 g/mol. The van der Waals surface area contributed by atoms with Crippen LogP contribution in [0, 0.1) is 0 Å². The van der Waals surface area contributed by atoms with Crippen molar-refractivity contribution in [1.82, 2.24) is 0 Å². The van der Waals surface area contributed by atoms with Crippen LogP contribution in [0.4, 0.5) is 0 Å². The summed E-state index contributed by atoms with van der Waals surface area (Å²) in [5, 5.41) is 375. The fourth-order valence-electron chi connectivity index (χ4n) is 16.5. The van der Waals surface area contributed by atoms with Crippen LogP contribution in [0.5, 0.6) is 0 Å². The van der Waals surface area contributed by atoms with E-state index in [0.717, 1.165) is 0 Å². The van der Waals surface area contributed by atoms with Crippen LogP contribution < -0.4 is 0 Å². The third kappa shape index (κ3) is 21.8. The zero-order valence-corrected chi connectivity index (χ0v) is 67.2. The number of aliphatic hydroxyl groups is 34. The Bertz CT molecular complexity index is 3300. The van der Waals surface area contributed by atoms with E-state index in [4.69, 9.17) is 109 Å². The number of aliphatic hydroxyl groups excluding tert-OH is 34. The van der Waals surface area contributed by atoms with E-state index in [1.807, 2.05) is 0 Å². The lowest BCUT2D eigenvalue weighted by Crippen LogP contribution is -2.68. The maximum absolute atomic E-state index is 12.1. The van der Waals surface area contributed by atoms with Crippen molar-refractivity contribution < 1.29 is 283 Å². The molecule has 0 radical (unpaired) electrons. The van der Waals surface area contributed by atoms with Gasteiger partial charge in [0, 0.05) is 0 Å². The van der Waals surface area contributed by atoms with E-state index < -0.39 is 422 Å². The van der Waals surface area contributed by atoms with E-state index >= 15 is 0 Å². The lowest BCUT2D eigenvalue weighted by atomic mass is 9.95. The Morgan fingerprint density at radius 2 is 0.402 bits per heavy atom. The molecule has 0 aromatic rings. The van der Waals surface area contributed by atoms with Crippen LogP contribution in [0.2, 0.25) is 0 Å². The van der Waals surface area contributed by atoms with Gasteiger partial charge >= 0.3 is 0 Å². The summed E-state index contributed by atoms with van der Waals surface area (Å²) < 4.78 is 133. The lowest BCUT2D eigenvalue weighted by molar-refractivity contribution is -0.401. The molecule has 740 valence electrons. The van der Waals surface area contributed by atoms with Gasteiger partial charge in [-0.15, -0.1) is 0 Å². The smallest absolute Gasteiger partial charge is 0.187 e. The average Bonchev–Trinajstić information content (AvgIpc) is 0.748. The van der Waals surface area contributed by atoms with E-state index in [1.165, 1.54) is 13.8 Å². The number of hydrogen-bond donors (Lipinski definition) is 34. The third-order valence-corrected chi connectivity index (χ3v) is 24.2. The van der Waals surface area contributed by atoms with Gasteiger partial charge in [0.25, 0.3) is 0 Å². The van der Waals surface area contributed by atoms with Crippen LogP contribution in [0.3, 0.4) is 0 Å². The van der Waals surface area contributed by atoms with Gasteiger partial charge in [-0.3, -0.25) is 0 Å². The highest BCUT2D eigenvalue weighted by atomic mass is 16.8. The second-order valence-electron chi connectivity index (χ2n) is 32.8. The van der Waals surface area contributed by atoms with E-state index in [0.29, 0.717) is 0 Å². The molecule has 0 aliphatic carbocycles. The highest BCUT2D eigenvalue weighted by molar-refractivity contribution is 5.04. The van der Waals surface area contributed by atoms with Crippen molar-refractivity contribution in [1.29, 1.82) is 0 Å². The predicted molar refractivity (Wildman–Crippen MR) is 380 cm³/mol. The first-order valence-corrected chi connectivity index (χ1v) is 40.8. The predicted octanol–water partition coefficient (Wildman–Crippen LogP) is -23.8. The topological polar surface area (TPSA) is 900 Å². The molecule has 12 fully saturated rings. The van der Waals surface area contributed by atoms with Crippen LogP contribution >= 0.6 is 0 Å². The molecule has 12 saturated heterocycles. The summed E-state index contributed by atoms with van der Waals surface area (Å²) in [7, 11) is 0. The molecule has 58 atom stereocenters. The molecule has 57 heteroatoms. The molecular weight excluding hydrogens is 1750 g/mol. The van der Waals surface area contributed by atoms with Gasteiger partial charge in [0.1, 0.15) is 269 Å². The van der Waals surface area contributed by atoms with Gasteiger partial charge in [-0.25, -0.2) is 0 Å². The van der Waals surface area contributed by atoms with Gasteiger partial charge in [-0.1, -0.05) is 0 Å². The molecule has 12 heterocycles. The zero-order valence-electron chi connectivity index (χ0n) is 67.2. The first-order chi connectivity index (χ1) is 60.1. The molecule has 0 aromatic heterocycles. The van der Waals surface area contributed by atoms with Crippen LogP contribution in [-0.2, 0) is 109 Å². The fourth-order valence-corrected chi connectivity index (χ4v) is 16.5. The van der Waals surface area contributed by atoms with Crippen molar-refractivity contribution in [2.24, 2.45) is 0 Å². The summed E-state index contributed by atoms with van der Waals surface area (Å²) in [5.74, 6) is 0. The van der Waals surface area contributed by atoms with Gasteiger partial charge in [-0.05, 0) is 13.8 Å². The van der Waals surface area contributed by atoms with Gasteiger partial charge < -0.3 is 283 Å². The molecule has 0 unspecified atom stereocenters. The highest BCUT2D eigenvalue weighted by Gasteiger charge is 2.62. The first-order valence-electron chi connectivity index (χ1n) is 40.8. The number of hydrogen-bond acceptors (Lipinski definition) is 57. The molecule has 0 bridgehead atoms. The Kier molecular flexibility index (Phi) is 36.3. The average molecular weight is 1870 g/mol. The van der Waals surface area contributed by atoms with Gasteiger partial charge in [-0.2, -0.15) is 0 Å². The van der Waals surface area contributed by atoms with Crippen molar-refractivity contribution in [3.8, 4) is 0 Å². The van der Waals surface area contributed by atoms with Crippen LogP contribution in [0.1, 0.15) is 13.8 Å². The lowest BCUT2D eigenvalue weighted by Gasteiger charge is -2.50. The molecule has 127 heavy (non-hydrogen) atoms. The van der Waals surface area contributed by atoms with Crippen molar-refractivity contribution in [2.75, 3.05) is 66.1 Å². The Labute approximate surface area is 716 Å². The Morgan fingerprint density at radius 3 is 0.717 bits per heavy atom. The molecule has 12 aliphatic heterocycles. The largest absolute Gasteiger partial charge is 0.394 e. The van der Waals surface area contributed by atoms with E-state index in [9.17, 15) is 174 Å². The molecule has 34 N–H and O–H groups in total. The Hall–Kier alpha value is -2.28. The normalized spacial score (nSPS) is 54.6. The Morgan fingerprint density at radius 1 is 0.189 bits per heavy atom. The SMILES string of the molecule is C[C@@H]1O[C@@H](O[C@H]2[C@H](O[C@H]3[C@@H](OC[C@H]4O[C@@H](O[C@H]5[C@H](O)[C@@H](O)[C@H](O[C@H]6[C@H](O)[C@@H](O)[C@H](O[C@H]7[C@H](O)[C@@H](O)[C@H](O[C@H]8[C@H](O)[C@@H](O)[C@@H](O)O[C@@H]8CO)O[C@@H]7CO[C@H]7OC[C@@H](O)[C@H](O)[C@H]7O[C@@H]7O[C@H](CO)[C@H](O)[C@H](O)[C@H]7O[C@@H]7O[C@@H](C)[C@@H](O)[C@@H](O)[C@@H]7O)O[C@@H]6CO)O[C@@H]5CO)[C@H](O)[C@@H](O)[C@@H]4O[C@@H]4O[C@H](CO)[C@@H](O)[C@H](O)[C@H]4O)OC[C@@H](O)[C@@H]3O)O[C@H](CO)[C@H](O)[C@@H]2O)[C@@H](O)[C@H](O)[C@@H]1O. The summed E-state index contributed by atoms with van der Waals surface area (Å²) in [6, 6.07) is 0. The standard InChI is InChI=1S/C70H118O57/c1-13-25(79)32(86)43(97)60(109-13)124-57-35(89)30(84)18(4-72)113-69(57)126-55-27(81)15(77)9-105-67(55)107-11-23-53(122-62-45(99)34(88)29(83)17(3-71)112-62)40(94)49(103)66(118-23)121-52-22(8-76)115-63(46(100)38(52)92)120-51-21(7-75)116-64(47(101)39(51)93)123-54-24(117-65(48(102)41(54)95)119-50-20(6-74)111-59(104)42(96)37(50)91)12-108-68-56(28(82)16(78)10-106-68)127-70-58(36(90)31(85)19(5-73)114-70)125-61-44(98)33(87)26(80)14(2)110-61/h13-104H,3-12H2,1-2H3/t13-,14-,15+,16+,17+,18+,19+,20+,21+,22+,23+,24+,25+,26+,27-,28-,29+,30-,31-,32+,33+,34-,35-,36-,37+,38+,39+,40+,41+,42+,43-,44-,45+,46+,47+,48+,49+,50+,51+,52+,53+,54+,55+,56+,57+,58+,59-,60-,61-,62-,63-,64-,65-,66-,67+,68+,69-,70-/m0/s1. The second-order valence-corrected chi connectivity index (χ2v) is 32.8. The molecule has 0 saturated carbocycles. The van der Waals surface area contributed by atoms with Crippen molar-refractivity contribution in [2.45, 2.75) is 370 Å². The van der Waals surface area contributed by atoms with Crippen LogP contribution in [-0.4, -0.2) is 596 Å². The van der Waals surface area contributed by atoms with Crippen molar-refractivity contribution >= 4 is 0 Å². The maximum atomic E-state index is 12.1. The maximum Gasteiger partial charge on any atom is 0.187 e. The van der Waals surface area contributed by atoms with Gasteiger partial charge in [0.05, 0.1) is 78.3 Å². The van der Waals surface area contributed by atoms with Gasteiger partial charge in [0.2, 0.25) is 0 Å². The van der Waals surface area contributed by atoms with Gasteiger partial charge in [0.15, 0.2) is 75.5 Å². The zero-order chi connectivity index (χ0) is 92.8. The van der Waals surface area contributed by atoms with Crippen molar-refractivity contribution in [3.63, 3.8) is 0 Å². The first kappa shape index (κ1) is 104.